The number of rotatable bonds is 2. The van der Waals surface area contributed by atoms with Crippen molar-refractivity contribution >= 4 is 22.5 Å². The van der Waals surface area contributed by atoms with E-state index in [0.29, 0.717) is 6.54 Å². The van der Waals surface area contributed by atoms with Gasteiger partial charge in [0, 0.05) is 41.7 Å². The Kier molecular flexibility index (Phi) is 3.80. The van der Waals surface area contributed by atoms with Crippen LogP contribution in [0.2, 0.25) is 0 Å². The van der Waals surface area contributed by atoms with Crippen molar-refractivity contribution in [3.05, 3.63) is 95.2 Å². The molecule has 2 aliphatic rings. The van der Waals surface area contributed by atoms with Crippen LogP contribution in [0.25, 0.3) is 10.9 Å². The lowest BCUT2D eigenvalue weighted by Crippen LogP contribution is -2.55. The number of amides is 1. The van der Waals surface area contributed by atoms with Gasteiger partial charge in [-0.2, -0.15) is 0 Å². The van der Waals surface area contributed by atoms with Gasteiger partial charge in [-0.3, -0.25) is 10.1 Å². The minimum absolute atomic E-state index is 0.0506. The second-order valence-electron chi connectivity index (χ2n) is 8.30. The van der Waals surface area contributed by atoms with Crippen LogP contribution in [0.15, 0.2) is 72.8 Å². The number of benzene rings is 3. The number of hydrogen-bond acceptors (Lipinski definition) is 3. The van der Waals surface area contributed by atoms with E-state index in [9.17, 15) is 4.79 Å². The molecule has 0 fully saturated rings. The van der Waals surface area contributed by atoms with Crippen LogP contribution in [-0.4, -0.2) is 31.6 Å². The fourth-order valence-corrected chi connectivity index (χ4v) is 5.36. The van der Waals surface area contributed by atoms with Gasteiger partial charge < -0.3 is 14.6 Å². The van der Waals surface area contributed by atoms with Crippen LogP contribution >= 0.6 is 0 Å². The molecule has 4 aromatic rings. The van der Waals surface area contributed by atoms with Gasteiger partial charge >= 0.3 is 0 Å². The topological polar surface area (TPSA) is 57.4 Å². The van der Waals surface area contributed by atoms with Crippen LogP contribution in [0.4, 0.5) is 5.69 Å². The summed E-state index contributed by atoms with van der Waals surface area (Å²) < 4.78 is 5.35. The van der Waals surface area contributed by atoms with Gasteiger partial charge in [0.1, 0.15) is 5.75 Å². The Hall–Kier alpha value is -3.57. The monoisotopic (exact) mass is 409 g/mol. The number of anilines is 1. The number of likely N-dealkylation sites (N-methyl/N-ethyl adjacent to an activating group) is 1. The molecular weight excluding hydrogens is 386 g/mol. The lowest BCUT2D eigenvalue weighted by Gasteiger charge is -2.38. The largest absolute Gasteiger partial charge is 0.497 e. The van der Waals surface area contributed by atoms with Crippen LogP contribution in [0.1, 0.15) is 28.3 Å². The molecule has 0 saturated carbocycles. The van der Waals surface area contributed by atoms with Crippen molar-refractivity contribution in [1.82, 2.24) is 10.3 Å². The molecule has 2 atom stereocenters. The first-order chi connectivity index (χ1) is 15.1. The first-order valence-corrected chi connectivity index (χ1v) is 10.5. The van der Waals surface area contributed by atoms with Gasteiger partial charge in [0.15, 0.2) is 5.54 Å². The van der Waals surface area contributed by atoms with Crippen molar-refractivity contribution in [3.63, 3.8) is 0 Å². The smallest absolute Gasteiger partial charge is 0.257 e. The van der Waals surface area contributed by atoms with Gasteiger partial charge in [0.05, 0.1) is 12.8 Å². The minimum atomic E-state index is -0.900. The molecule has 0 unspecified atom stereocenters. The highest BCUT2D eigenvalue weighted by Crippen LogP contribution is 2.50. The number of nitrogens with one attached hydrogen (secondary N) is 2. The highest BCUT2D eigenvalue weighted by molar-refractivity contribution is 6.11. The Morgan fingerprint density at radius 2 is 1.74 bits per heavy atom. The van der Waals surface area contributed by atoms with Gasteiger partial charge in [-0.1, -0.05) is 48.5 Å². The molecule has 0 saturated heterocycles. The molecule has 154 valence electrons. The second kappa shape index (κ2) is 6.46. The first kappa shape index (κ1) is 18.2. The van der Waals surface area contributed by atoms with Crippen molar-refractivity contribution in [2.75, 3.05) is 25.6 Å². The molecular formula is C26H23N3O2. The van der Waals surface area contributed by atoms with Crippen LogP contribution in [0, 0.1) is 0 Å². The third kappa shape index (κ3) is 2.32. The van der Waals surface area contributed by atoms with Crippen molar-refractivity contribution in [1.29, 1.82) is 0 Å². The summed E-state index contributed by atoms with van der Waals surface area (Å²) in [6.07, 6.45) is 0. The number of methoxy groups -OCH3 is 1. The first-order valence-electron chi connectivity index (χ1n) is 10.5. The van der Waals surface area contributed by atoms with Crippen LogP contribution < -0.4 is 15.0 Å². The molecule has 0 aliphatic carbocycles. The van der Waals surface area contributed by atoms with Crippen LogP contribution in [0.3, 0.4) is 0 Å². The number of para-hydroxylation sites is 2. The zero-order valence-corrected chi connectivity index (χ0v) is 17.5. The summed E-state index contributed by atoms with van der Waals surface area (Å²) in [5, 5.41) is 4.84. The van der Waals surface area contributed by atoms with Crippen molar-refractivity contribution in [3.8, 4) is 5.75 Å². The molecule has 0 bridgehead atoms. The second-order valence-corrected chi connectivity index (χ2v) is 8.30. The molecule has 5 nitrogen and oxygen atoms in total. The maximum Gasteiger partial charge on any atom is 0.257 e. The Morgan fingerprint density at radius 3 is 2.55 bits per heavy atom. The third-order valence-corrected chi connectivity index (χ3v) is 6.85. The number of aromatic amines is 1. The summed E-state index contributed by atoms with van der Waals surface area (Å²) in [5.41, 5.74) is 5.44. The van der Waals surface area contributed by atoms with E-state index in [2.05, 4.69) is 46.7 Å². The summed E-state index contributed by atoms with van der Waals surface area (Å²) in [4.78, 5) is 19.1. The van der Waals surface area contributed by atoms with E-state index in [-0.39, 0.29) is 11.8 Å². The fraction of sp³-hybridized carbons (Fsp3) is 0.192. The molecule has 1 aromatic heterocycles. The molecule has 5 heteroatoms. The predicted octanol–water partition coefficient (Wildman–Crippen LogP) is 4.13. The van der Waals surface area contributed by atoms with Gasteiger partial charge in [0.2, 0.25) is 0 Å². The standard InChI is InChI=1S/C26H23N3O2/c1-29-22-10-6-4-8-20(22)26(25(29)30)24-23(18-7-3-5-9-21(18)28-24)19(15-27-26)16-11-13-17(31-2)14-12-16/h3-14,19,27-28H,15H2,1-2H3/t19-,26+/m0/s1. The number of hydrogen-bond donors (Lipinski definition) is 2. The predicted molar refractivity (Wildman–Crippen MR) is 122 cm³/mol. The number of nitrogens with zero attached hydrogens (tertiary/aromatic N) is 1. The molecule has 1 spiro atoms. The Bertz CT molecular complexity index is 1320. The Labute approximate surface area is 180 Å². The number of ether oxygens (including phenoxy) is 1. The number of carbonyl (C=O) groups excluding carboxylic acids is 1. The lowest BCUT2D eigenvalue weighted by atomic mass is 9.76. The molecule has 3 heterocycles. The summed E-state index contributed by atoms with van der Waals surface area (Å²) in [7, 11) is 3.54. The van der Waals surface area contributed by atoms with Crippen molar-refractivity contribution in [2.24, 2.45) is 0 Å². The van der Waals surface area contributed by atoms with Crippen LogP contribution in [-0.2, 0) is 10.3 Å². The van der Waals surface area contributed by atoms with E-state index >= 15 is 0 Å². The minimum Gasteiger partial charge on any atom is -0.497 e. The molecule has 31 heavy (non-hydrogen) atoms. The number of aromatic nitrogens is 1. The van der Waals surface area contributed by atoms with E-state index in [1.807, 2.05) is 43.4 Å². The van der Waals surface area contributed by atoms with E-state index in [0.717, 1.165) is 28.2 Å². The van der Waals surface area contributed by atoms with Crippen molar-refractivity contribution < 1.29 is 9.53 Å². The van der Waals surface area contributed by atoms with Crippen LogP contribution in [0.5, 0.6) is 5.75 Å². The van der Waals surface area contributed by atoms with Gasteiger partial charge in [-0.25, -0.2) is 0 Å². The maximum absolute atomic E-state index is 13.7. The fourth-order valence-electron chi connectivity index (χ4n) is 5.36. The zero-order valence-electron chi connectivity index (χ0n) is 17.5. The highest BCUT2D eigenvalue weighted by atomic mass is 16.5. The lowest BCUT2D eigenvalue weighted by molar-refractivity contribution is -0.122. The molecule has 6 rings (SSSR count). The van der Waals surface area contributed by atoms with E-state index in [1.54, 1.807) is 12.0 Å². The van der Waals surface area contributed by atoms with Gasteiger partial charge in [-0.05, 0) is 35.4 Å². The Morgan fingerprint density at radius 1 is 1.00 bits per heavy atom. The average molecular weight is 409 g/mol. The van der Waals surface area contributed by atoms with E-state index in [4.69, 9.17) is 4.74 Å². The molecule has 3 aromatic carbocycles. The molecule has 0 radical (unpaired) electrons. The molecule has 2 N–H and O–H groups in total. The zero-order chi connectivity index (χ0) is 21.2. The van der Waals surface area contributed by atoms with E-state index < -0.39 is 5.54 Å². The third-order valence-electron chi connectivity index (χ3n) is 6.85. The molecule has 1 amide bonds. The quantitative estimate of drug-likeness (QED) is 0.523. The average Bonchev–Trinajstić information content (AvgIpc) is 3.31. The van der Waals surface area contributed by atoms with Gasteiger partial charge in [0.25, 0.3) is 5.91 Å². The number of carbonyl (C=O) groups is 1. The SMILES string of the molecule is COc1ccc([C@@H]2CN[C@@]3(C(=O)N(C)c4ccccc43)c3[nH]c4ccccc4c32)cc1. The maximum atomic E-state index is 13.7. The number of H-pyrrole nitrogens is 1. The highest BCUT2D eigenvalue weighted by Gasteiger charge is 2.55. The number of fused-ring (bicyclic) bond motifs is 6. The van der Waals surface area contributed by atoms with Gasteiger partial charge in [-0.15, -0.1) is 0 Å². The van der Waals surface area contributed by atoms with E-state index in [1.165, 1.54) is 16.5 Å². The Balaban J connectivity index is 1.63. The summed E-state index contributed by atoms with van der Waals surface area (Å²) in [5.74, 6) is 1.01. The normalized spacial score (nSPS) is 22.1. The van der Waals surface area contributed by atoms with Crippen molar-refractivity contribution in [2.45, 2.75) is 11.5 Å². The summed E-state index contributed by atoms with van der Waals surface area (Å²) in [6.45, 7) is 0.662. The molecule has 2 aliphatic heterocycles. The summed E-state index contributed by atoms with van der Waals surface area (Å²) >= 11 is 0. The summed E-state index contributed by atoms with van der Waals surface area (Å²) in [6, 6.07) is 24.6.